The Labute approximate surface area is 152 Å². The van der Waals surface area contributed by atoms with E-state index in [4.69, 9.17) is 6.11 Å². The zero-order valence-electron chi connectivity index (χ0n) is 15.7. The number of halogens is 1. The molecule has 1 aromatic heterocycles. The molecule has 4 unspecified atom stereocenters. The molecule has 1 N–H and O–H groups in total. The third-order valence-electron chi connectivity index (χ3n) is 4.70. The first-order chi connectivity index (χ1) is 12.9. The lowest BCUT2D eigenvalue weighted by Crippen LogP contribution is -2.45. The lowest BCUT2D eigenvalue weighted by atomic mass is 9.92. The summed E-state index contributed by atoms with van der Waals surface area (Å²) in [5, 5.41) is 2.62. The predicted molar refractivity (Wildman–Crippen MR) is 96.1 cm³/mol. The summed E-state index contributed by atoms with van der Waals surface area (Å²) in [5.74, 6) is -0.722. The number of nitrogens with one attached hydrogen (secondary N) is 1. The molecule has 3 rings (SSSR count). The van der Waals surface area contributed by atoms with Gasteiger partial charge in [0.2, 0.25) is 0 Å². The lowest BCUT2D eigenvalue weighted by molar-refractivity contribution is -0.0817. The van der Waals surface area contributed by atoms with Crippen molar-refractivity contribution < 1.29 is 15.3 Å². The van der Waals surface area contributed by atoms with E-state index in [2.05, 4.69) is 10.3 Å². The molecule has 0 radical (unpaired) electrons. The van der Waals surface area contributed by atoms with Gasteiger partial charge in [-0.25, -0.2) is 9.18 Å². The van der Waals surface area contributed by atoms with Gasteiger partial charge >= 0.3 is 5.69 Å². The number of amides is 1. The molecule has 0 saturated carbocycles. The molecule has 0 spiro atoms. The normalized spacial score (nSPS) is 26.2. The van der Waals surface area contributed by atoms with Crippen LogP contribution in [0.3, 0.4) is 0 Å². The van der Waals surface area contributed by atoms with Gasteiger partial charge in [0.1, 0.15) is 12.0 Å². The molecule has 0 aliphatic carbocycles. The zero-order valence-corrected chi connectivity index (χ0v) is 14.7. The first-order valence-electron chi connectivity index (χ1n) is 9.14. The van der Waals surface area contributed by atoms with Crippen molar-refractivity contribution in [2.75, 3.05) is 11.9 Å². The fourth-order valence-corrected chi connectivity index (χ4v) is 2.95. The molecule has 138 valence electrons. The standard InChI is InChI=1S/C19H22FN3O3/c1-11-9-23(15-10-26-13(3)12(2)16(15)20)19(25)22-17(11)21-18(24)14-7-5-4-6-8-14/h4-9,12-13,15-16H,10H2,1-3H3,(H,21,22,24,25)/i3D. The van der Waals surface area contributed by atoms with Crippen molar-refractivity contribution in [3.05, 3.63) is 58.1 Å². The van der Waals surface area contributed by atoms with Gasteiger partial charge in [-0.05, 0) is 26.0 Å². The van der Waals surface area contributed by atoms with Crippen LogP contribution in [-0.4, -0.2) is 34.3 Å². The van der Waals surface area contributed by atoms with Crippen molar-refractivity contribution in [2.24, 2.45) is 5.92 Å². The number of hydrogen-bond donors (Lipinski definition) is 1. The highest BCUT2D eigenvalue weighted by molar-refractivity contribution is 6.03. The maximum Gasteiger partial charge on any atom is 0.349 e. The van der Waals surface area contributed by atoms with Crippen molar-refractivity contribution in [1.29, 1.82) is 0 Å². The van der Waals surface area contributed by atoms with Crippen LogP contribution in [0.15, 0.2) is 41.3 Å². The Balaban J connectivity index is 1.83. The number of nitrogens with zero attached hydrogens (tertiary/aromatic N) is 2. The quantitative estimate of drug-likeness (QED) is 0.913. The SMILES string of the molecule is [2H]CC1OCC(n2cc(C)c(NC(=O)c3ccccc3)nc2=O)C(F)C1C. The third-order valence-corrected chi connectivity index (χ3v) is 4.70. The van der Waals surface area contributed by atoms with Crippen LogP contribution in [0.5, 0.6) is 0 Å². The number of hydrogen-bond acceptors (Lipinski definition) is 4. The summed E-state index contributed by atoms with van der Waals surface area (Å²) in [6, 6.07) is 7.78. The molecule has 0 bridgehead atoms. The summed E-state index contributed by atoms with van der Waals surface area (Å²) in [7, 11) is 0. The van der Waals surface area contributed by atoms with Crippen molar-refractivity contribution in [3.8, 4) is 0 Å². The number of rotatable bonds is 3. The van der Waals surface area contributed by atoms with Gasteiger partial charge in [0.25, 0.3) is 5.91 Å². The lowest BCUT2D eigenvalue weighted by Gasteiger charge is -2.36. The Morgan fingerprint density at radius 2 is 2.15 bits per heavy atom. The molecular formula is C19H22FN3O3. The van der Waals surface area contributed by atoms with Gasteiger partial charge in [-0.15, -0.1) is 0 Å². The van der Waals surface area contributed by atoms with Gasteiger partial charge in [-0.2, -0.15) is 4.98 Å². The van der Waals surface area contributed by atoms with Crippen LogP contribution in [0, 0.1) is 12.8 Å². The summed E-state index contributed by atoms with van der Waals surface area (Å²) in [5.41, 5.74) is 0.334. The highest BCUT2D eigenvalue weighted by Gasteiger charge is 2.37. The fraction of sp³-hybridized carbons (Fsp3) is 0.421. The van der Waals surface area contributed by atoms with Gasteiger partial charge in [0.15, 0.2) is 0 Å². The molecule has 1 amide bonds. The number of alkyl halides is 1. The van der Waals surface area contributed by atoms with Gasteiger partial charge in [0.05, 0.1) is 18.8 Å². The van der Waals surface area contributed by atoms with E-state index in [9.17, 15) is 14.0 Å². The molecular weight excluding hydrogens is 337 g/mol. The number of anilines is 1. The largest absolute Gasteiger partial charge is 0.376 e. The first kappa shape index (κ1) is 16.9. The summed E-state index contributed by atoms with van der Waals surface area (Å²) in [4.78, 5) is 28.7. The first-order valence-corrected chi connectivity index (χ1v) is 8.43. The number of aromatic nitrogens is 2. The summed E-state index contributed by atoms with van der Waals surface area (Å²) >= 11 is 0. The van der Waals surface area contributed by atoms with Crippen LogP contribution in [0.2, 0.25) is 0 Å². The second kappa shape index (κ2) is 7.37. The van der Waals surface area contributed by atoms with Crippen LogP contribution >= 0.6 is 0 Å². The molecule has 1 aromatic carbocycles. The predicted octanol–water partition coefficient (Wildman–Crippen LogP) is 2.74. The molecule has 4 atom stereocenters. The minimum absolute atomic E-state index is 0.00576. The fourth-order valence-electron chi connectivity index (χ4n) is 2.95. The van der Waals surface area contributed by atoms with E-state index in [0.29, 0.717) is 11.1 Å². The van der Waals surface area contributed by atoms with E-state index in [1.165, 1.54) is 10.8 Å². The summed E-state index contributed by atoms with van der Waals surface area (Å²) in [6.45, 7) is 3.35. The topological polar surface area (TPSA) is 73.2 Å². The zero-order chi connectivity index (χ0) is 19.6. The molecule has 2 heterocycles. The second-order valence-corrected chi connectivity index (χ2v) is 6.53. The Bertz CT molecular complexity index is 874. The average molecular weight is 360 g/mol. The number of aryl methyl sites for hydroxylation is 1. The second-order valence-electron chi connectivity index (χ2n) is 6.53. The molecule has 1 aliphatic rings. The van der Waals surface area contributed by atoms with Gasteiger partial charge in [-0.3, -0.25) is 9.36 Å². The van der Waals surface area contributed by atoms with Crippen molar-refractivity contribution in [2.45, 2.75) is 39.1 Å². The van der Waals surface area contributed by atoms with Crippen LogP contribution in [0.1, 0.15) is 37.2 Å². The van der Waals surface area contributed by atoms with E-state index in [1.807, 2.05) is 0 Å². The maximum absolute atomic E-state index is 14.8. The van der Waals surface area contributed by atoms with E-state index in [0.717, 1.165) is 0 Å². The van der Waals surface area contributed by atoms with Gasteiger partial charge in [0, 0.05) is 24.6 Å². The molecule has 6 nitrogen and oxygen atoms in total. The molecule has 7 heteroatoms. The Morgan fingerprint density at radius 3 is 2.85 bits per heavy atom. The monoisotopic (exact) mass is 360 g/mol. The van der Waals surface area contributed by atoms with Crippen molar-refractivity contribution in [1.82, 2.24) is 9.55 Å². The van der Waals surface area contributed by atoms with Crippen molar-refractivity contribution in [3.63, 3.8) is 0 Å². The number of carbonyl (C=O) groups excluding carboxylic acids is 1. The highest BCUT2D eigenvalue weighted by atomic mass is 19.1. The molecule has 1 fully saturated rings. The highest BCUT2D eigenvalue weighted by Crippen LogP contribution is 2.30. The smallest absolute Gasteiger partial charge is 0.349 e. The molecule has 26 heavy (non-hydrogen) atoms. The van der Waals surface area contributed by atoms with Crippen LogP contribution < -0.4 is 11.0 Å². The van der Waals surface area contributed by atoms with Crippen molar-refractivity contribution >= 4 is 11.7 Å². The minimum Gasteiger partial charge on any atom is -0.376 e. The average Bonchev–Trinajstić information content (AvgIpc) is 2.67. The van der Waals surface area contributed by atoms with E-state index in [-0.39, 0.29) is 25.2 Å². The Morgan fingerprint density at radius 1 is 1.42 bits per heavy atom. The minimum atomic E-state index is -1.32. The van der Waals surface area contributed by atoms with E-state index >= 15 is 0 Å². The third kappa shape index (κ3) is 3.53. The molecule has 1 aliphatic heterocycles. The summed E-state index contributed by atoms with van der Waals surface area (Å²) < 4.78 is 29.0. The van der Waals surface area contributed by atoms with E-state index < -0.39 is 29.9 Å². The van der Waals surface area contributed by atoms with Crippen LogP contribution in [-0.2, 0) is 4.74 Å². The van der Waals surface area contributed by atoms with Crippen LogP contribution in [0.25, 0.3) is 0 Å². The molecule has 1 saturated heterocycles. The maximum atomic E-state index is 14.8. The Hall–Kier alpha value is -2.54. The number of benzene rings is 1. The van der Waals surface area contributed by atoms with E-state index in [1.54, 1.807) is 44.2 Å². The summed E-state index contributed by atoms with van der Waals surface area (Å²) in [6.07, 6.45) is -0.312. The Kier molecular flexibility index (Phi) is 4.79. The van der Waals surface area contributed by atoms with Gasteiger partial charge in [-0.1, -0.05) is 25.1 Å². The van der Waals surface area contributed by atoms with Gasteiger partial charge < -0.3 is 10.1 Å². The number of carbonyl (C=O) groups is 1. The van der Waals surface area contributed by atoms with Crippen LogP contribution in [0.4, 0.5) is 10.2 Å². The number of ether oxygens (including phenoxy) is 1. The molecule has 2 aromatic rings.